The van der Waals surface area contributed by atoms with Gasteiger partial charge in [-0.2, -0.15) is 0 Å². The van der Waals surface area contributed by atoms with Gasteiger partial charge < -0.3 is 19.1 Å². The predicted molar refractivity (Wildman–Crippen MR) is 102 cm³/mol. The summed E-state index contributed by atoms with van der Waals surface area (Å²) in [5.41, 5.74) is 0.980. The lowest BCUT2D eigenvalue weighted by Crippen LogP contribution is -2.38. The van der Waals surface area contributed by atoms with E-state index in [1.165, 1.54) is 7.11 Å². The van der Waals surface area contributed by atoms with Gasteiger partial charge in [0, 0.05) is 6.54 Å². The van der Waals surface area contributed by atoms with Crippen LogP contribution in [0.25, 0.3) is 0 Å². The molecule has 0 saturated heterocycles. The predicted octanol–water partition coefficient (Wildman–Crippen LogP) is 3.23. The van der Waals surface area contributed by atoms with E-state index in [1.54, 1.807) is 24.1 Å². The minimum atomic E-state index is -0.362. The highest BCUT2D eigenvalue weighted by Gasteiger charge is 2.23. The standard InChI is InChI=1S/C21H25NO5/c1-16(17-9-5-4-6-10-17)22(14-13-21(24)26-3)20(23)15-27-19-12-8-7-11-18(19)25-2/h4-12,16H,13-15H2,1-3H3. The lowest BCUT2D eigenvalue weighted by molar-refractivity contribution is -0.142. The van der Waals surface area contributed by atoms with Gasteiger partial charge in [-0.3, -0.25) is 9.59 Å². The number of carbonyl (C=O) groups excluding carboxylic acids is 2. The van der Waals surface area contributed by atoms with Crippen LogP contribution >= 0.6 is 0 Å². The zero-order valence-corrected chi connectivity index (χ0v) is 15.9. The largest absolute Gasteiger partial charge is 0.493 e. The molecule has 2 rings (SSSR count). The van der Waals surface area contributed by atoms with Gasteiger partial charge in [-0.25, -0.2) is 0 Å². The second-order valence-corrected chi connectivity index (χ2v) is 5.94. The minimum Gasteiger partial charge on any atom is -0.493 e. The van der Waals surface area contributed by atoms with Crippen molar-refractivity contribution in [3.05, 3.63) is 60.2 Å². The Morgan fingerprint density at radius 1 is 0.963 bits per heavy atom. The first-order chi connectivity index (χ1) is 13.1. The molecule has 0 bridgehead atoms. The number of amides is 1. The van der Waals surface area contributed by atoms with Gasteiger partial charge in [0.15, 0.2) is 18.1 Å². The van der Waals surface area contributed by atoms with Gasteiger partial charge in [0.1, 0.15) is 0 Å². The Hall–Kier alpha value is -3.02. The molecular weight excluding hydrogens is 346 g/mol. The van der Waals surface area contributed by atoms with Crippen LogP contribution in [0.15, 0.2) is 54.6 Å². The van der Waals surface area contributed by atoms with Crippen molar-refractivity contribution in [2.45, 2.75) is 19.4 Å². The van der Waals surface area contributed by atoms with Crippen molar-refractivity contribution in [2.75, 3.05) is 27.4 Å². The van der Waals surface area contributed by atoms with E-state index >= 15 is 0 Å². The number of hydrogen-bond acceptors (Lipinski definition) is 5. The lowest BCUT2D eigenvalue weighted by Gasteiger charge is -2.29. The molecule has 144 valence electrons. The molecule has 0 aliphatic heterocycles. The van der Waals surface area contributed by atoms with Crippen molar-refractivity contribution < 1.29 is 23.8 Å². The second-order valence-electron chi connectivity index (χ2n) is 5.94. The van der Waals surface area contributed by atoms with Crippen LogP contribution in [0.4, 0.5) is 0 Å². The average Bonchev–Trinajstić information content (AvgIpc) is 2.72. The summed E-state index contributed by atoms with van der Waals surface area (Å²) in [5.74, 6) is 0.469. The van der Waals surface area contributed by atoms with E-state index in [1.807, 2.05) is 49.4 Å². The van der Waals surface area contributed by atoms with Crippen LogP contribution in [0.3, 0.4) is 0 Å². The Balaban J connectivity index is 2.11. The van der Waals surface area contributed by atoms with Crippen LogP contribution in [-0.2, 0) is 14.3 Å². The Kier molecular flexibility index (Phi) is 7.67. The molecule has 27 heavy (non-hydrogen) atoms. The quantitative estimate of drug-likeness (QED) is 0.633. The van der Waals surface area contributed by atoms with E-state index in [-0.39, 0.29) is 37.5 Å². The van der Waals surface area contributed by atoms with Gasteiger partial charge in [-0.1, -0.05) is 42.5 Å². The van der Waals surface area contributed by atoms with Gasteiger partial charge in [0.2, 0.25) is 0 Å². The van der Waals surface area contributed by atoms with E-state index in [0.29, 0.717) is 11.5 Å². The lowest BCUT2D eigenvalue weighted by atomic mass is 10.1. The summed E-state index contributed by atoms with van der Waals surface area (Å²) in [6.07, 6.45) is 0.119. The van der Waals surface area contributed by atoms with Crippen molar-refractivity contribution >= 4 is 11.9 Å². The summed E-state index contributed by atoms with van der Waals surface area (Å²) in [6, 6.07) is 16.6. The third-order valence-electron chi connectivity index (χ3n) is 4.27. The first-order valence-corrected chi connectivity index (χ1v) is 8.73. The monoisotopic (exact) mass is 371 g/mol. The number of esters is 1. The van der Waals surface area contributed by atoms with Gasteiger partial charge in [-0.15, -0.1) is 0 Å². The molecule has 2 aromatic carbocycles. The molecule has 1 atom stereocenters. The molecule has 6 nitrogen and oxygen atoms in total. The maximum Gasteiger partial charge on any atom is 0.307 e. The molecule has 0 saturated carbocycles. The number of nitrogens with zero attached hydrogens (tertiary/aromatic N) is 1. The SMILES string of the molecule is COC(=O)CCN(C(=O)COc1ccccc1OC)C(C)c1ccccc1. The zero-order valence-electron chi connectivity index (χ0n) is 15.9. The van der Waals surface area contributed by atoms with Crippen LogP contribution in [0.1, 0.15) is 24.9 Å². The van der Waals surface area contributed by atoms with Crippen LogP contribution < -0.4 is 9.47 Å². The maximum atomic E-state index is 12.8. The normalized spacial score (nSPS) is 11.4. The molecule has 0 aliphatic rings. The van der Waals surface area contributed by atoms with E-state index in [4.69, 9.17) is 14.2 Å². The molecule has 2 aromatic rings. The van der Waals surface area contributed by atoms with Gasteiger partial charge >= 0.3 is 5.97 Å². The number of ether oxygens (including phenoxy) is 3. The number of hydrogen-bond donors (Lipinski definition) is 0. The zero-order chi connectivity index (χ0) is 19.6. The summed E-state index contributed by atoms with van der Waals surface area (Å²) in [4.78, 5) is 26.0. The minimum absolute atomic E-state index is 0.119. The molecule has 6 heteroatoms. The van der Waals surface area contributed by atoms with E-state index < -0.39 is 0 Å². The number of carbonyl (C=O) groups is 2. The summed E-state index contributed by atoms with van der Waals surface area (Å²) in [5, 5.41) is 0. The first-order valence-electron chi connectivity index (χ1n) is 8.73. The fourth-order valence-corrected chi connectivity index (χ4v) is 2.72. The van der Waals surface area contributed by atoms with Crippen LogP contribution in [-0.4, -0.2) is 44.1 Å². The molecule has 0 radical (unpaired) electrons. The summed E-state index contributed by atoms with van der Waals surface area (Å²) >= 11 is 0. The first kappa shape index (κ1) is 20.3. The highest BCUT2D eigenvalue weighted by molar-refractivity contribution is 5.79. The number of methoxy groups -OCH3 is 2. The van der Waals surface area contributed by atoms with Crippen LogP contribution in [0, 0.1) is 0 Å². The molecule has 0 aliphatic carbocycles. The van der Waals surface area contributed by atoms with Crippen molar-refractivity contribution in [3.8, 4) is 11.5 Å². The van der Waals surface area contributed by atoms with Crippen molar-refractivity contribution in [1.29, 1.82) is 0 Å². The van der Waals surface area contributed by atoms with Gasteiger partial charge in [0.05, 0.1) is 26.7 Å². The third-order valence-corrected chi connectivity index (χ3v) is 4.27. The van der Waals surface area contributed by atoms with Crippen molar-refractivity contribution in [3.63, 3.8) is 0 Å². The second kappa shape index (κ2) is 10.2. The number of rotatable bonds is 9. The average molecular weight is 371 g/mol. The Morgan fingerprint density at radius 2 is 1.59 bits per heavy atom. The van der Waals surface area contributed by atoms with Crippen LogP contribution in [0.2, 0.25) is 0 Å². The molecule has 1 unspecified atom stereocenters. The highest BCUT2D eigenvalue weighted by atomic mass is 16.5. The molecule has 1 amide bonds. The molecular formula is C21H25NO5. The van der Waals surface area contributed by atoms with Gasteiger partial charge in [-0.05, 0) is 24.6 Å². The molecule has 0 spiro atoms. The topological polar surface area (TPSA) is 65.1 Å². The van der Waals surface area contributed by atoms with Crippen molar-refractivity contribution in [1.82, 2.24) is 4.90 Å². The Labute approximate surface area is 159 Å². The molecule has 0 aromatic heterocycles. The summed E-state index contributed by atoms with van der Waals surface area (Å²) in [7, 11) is 2.88. The van der Waals surface area contributed by atoms with Crippen LogP contribution in [0.5, 0.6) is 11.5 Å². The third kappa shape index (κ3) is 5.74. The van der Waals surface area contributed by atoms with Crippen molar-refractivity contribution in [2.24, 2.45) is 0 Å². The highest BCUT2D eigenvalue weighted by Crippen LogP contribution is 2.26. The van der Waals surface area contributed by atoms with E-state index in [9.17, 15) is 9.59 Å². The van der Waals surface area contributed by atoms with E-state index in [2.05, 4.69) is 0 Å². The van der Waals surface area contributed by atoms with Gasteiger partial charge in [0.25, 0.3) is 5.91 Å². The maximum absolute atomic E-state index is 12.8. The summed E-state index contributed by atoms with van der Waals surface area (Å²) < 4.78 is 15.6. The number of para-hydroxylation sites is 2. The Bertz CT molecular complexity index is 747. The number of benzene rings is 2. The fourth-order valence-electron chi connectivity index (χ4n) is 2.72. The Morgan fingerprint density at radius 3 is 2.22 bits per heavy atom. The van der Waals surface area contributed by atoms with E-state index in [0.717, 1.165) is 5.56 Å². The summed E-state index contributed by atoms with van der Waals surface area (Å²) in [6.45, 7) is 2.02. The molecule has 0 heterocycles. The fraction of sp³-hybridized carbons (Fsp3) is 0.333. The molecule has 0 fully saturated rings. The smallest absolute Gasteiger partial charge is 0.307 e. The molecule has 0 N–H and O–H groups in total.